The first-order valence-corrected chi connectivity index (χ1v) is 8.93. The summed E-state index contributed by atoms with van der Waals surface area (Å²) in [6, 6.07) is 10.2. The van der Waals surface area contributed by atoms with Crippen LogP contribution in [-0.4, -0.2) is 25.5 Å². The fourth-order valence-electron chi connectivity index (χ4n) is 2.24. The number of hydrogen-bond acceptors (Lipinski definition) is 4. The summed E-state index contributed by atoms with van der Waals surface area (Å²) in [7, 11) is 1.53. The average Bonchev–Trinajstić information content (AvgIpc) is 2.61. The number of methoxy groups -OCH3 is 1. The summed E-state index contributed by atoms with van der Waals surface area (Å²) in [4.78, 5) is 23.6. The van der Waals surface area contributed by atoms with Crippen molar-refractivity contribution in [3.05, 3.63) is 46.4 Å². The van der Waals surface area contributed by atoms with E-state index in [9.17, 15) is 9.59 Å². The molecule has 2 rings (SSSR count). The molecule has 138 valence electrons. The Bertz CT molecular complexity index is 791. The molecular weight excluding hydrogens is 400 g/mol. The fraction of sp³-hybridized carbons (Fsp3) is 0.263. The van der Waals surface area contributed by atoms with Crippen LogP contribution in [0.3, 0.4) is 0 Å². The smallest absolute Gasteiger partial charge is 0.255 e. The summed E-state index contributed by atoms with van der Waals surface area (Å²) in [5.74, 6) is 0.631. The van der Waals surface area contributed by atoms with Crippen LogP contribution in [-0.2, 0) is 4.79 Å². The van der Waals surface area contributed by atoms with E-state index in [2.05, 4.69) is 26.6 Å². The van der Waals surface area contributed by atoms with E-state index < -0.39 is 0 Å². The van der Waals surface area contributed by atoms with Gasteiger partial charge in [0, 0.05) is 23.9 Å². The van der Waals surface area contributed by atoms with Crippen molar-refractivity contribution in [3.63, 3.8) is 0 Å². The van der Waals surface area contributed by atoms with E-state index in [0.717, 1.165) is 6.42 Å². The van der Waals surface area contributed by atoms with E-state index >= 15 is 0 Å². The van der Waals surface area contributed by atoms with Gasteiger partial charge < -0.3 is 20.1 Å². The Morgan fingerprint density at radius 1 is 1.08 bits per heavy atom. The molecule has 0 atom stereocenters. The molecule has 0 unspecified atom stereocenters. The van der Waals surface area contributed by atoms with Crippen molar-refractivity contribution in [2.45, 2.75) is 20.3 Å². The van der Waals surface area contributed by atoms with Crippen molar-refractivity contribution < 1.29 is 19.1 Å². The molecule has 2 aromatic rings. The number of amides is 2. The molecule has 26 heavy (non-hydrogen) atoms. The molecular formula is C19H21BrN2O4. The van der Waals surface area contributed by atoms with Gasteiger partial charge in [-0.1, -0.05) is 6.92 Å². The monoisotopic (exact) mass is 420 g/mol. The van der Waals surface area contributed by atoms with Crippen LogP contribution >= 0.6 is 15.9 Å². The van der Waals surface area contributed by atoms with Crippen LogP contribution in [0.2, 0.25) is 0 Å². The number of hydrogen-bond donors (Lipinski definition) is 2. The van der Waals surface area contributed by atoms with Crippen LogP contribution in [0.4, 0.5) is 11.4 Å². The zero-order chi connectivity index (χ0) is 19.1. The van der Waals surface area contributed by atoms with E-state index in [4.69, 9.17) is 9.47 Å². The van der Waals surface area contributed by atoms with Crippen LogP contribution in [0.1, 0.15) is 30.6 Å². The van der Waals surface area contributed by atoms with Crippen LogP contribution in [0.25, 0.3) is 0 Å². The zero-order valence-corrected chi connectivity index (χ0v) is 16.5. The fourth-order valence-corrected chi connectivity index (χ4v) is 2.80. The van der Waals surface area contributed by atoms with E-state index in [1.54, 1.807) is 36.4 Å². The molecule has 2 N–H and O–H groups in total. The maximum absolute atomic E-state index is 12.5. The van der Waals surface area contributed by atoms with E-state index in [1.807, 2.05) is 6.92 Å². The highest BCUT2D eigenvalue weighted by Gasteiger charge is 2.16. The second-order valence-corrected chi connectivity index (χ2v) is 6.40. The van der Waals surface area contributed by atoms with E-state index in [-0.39, 0.29) is 11.8 Å². The van der Waals surface area contributed by atoms with Crippen LogP contribution in [0, 0.1) is 0 Å². The van der Waals surface area contributed by atoms with Crippen molar-refractivity contribution in [2.24, 2.45) is 0 Å². The van der Waals surface area contributed by atoms with Gasteiger partial charge in [-0.05, 0) is 58.7 Å². The summed E-state index contributed by atoms with van der Waals surface area (Å²) in [5, 5.41) is 5.49. The molecule has 0 radical (unpaired) electrons. The maximum Gasteiger partial charge on any atom is 0.255 e. The first-order valence-electron chi connectivity index (χ1n) is 8.14. The summed E-state index contributed by atoms with van der Waals surface area (Å²) in [5.41, 5.74) is 1.71. The van der Waals surface area contributed by atoms with Gasteiger partial charge in [-0.25, -0.2) is 0 Å². The summed E-state index contributed by atoms with van der Waals surface area (Å²) < 4.78 is 11.7. The van der Waals surface area contributed by atoms with Gasteiger partial charge in [-0.15, -0.1) is 0 Å². The third-order valence-electron chi connectivity index (χ3n) is 3.41. The Balaban J connectivity index is 2.16. The predicted molar refractivity (Wildman–Crippen MR) is 105 cm³/mol. The first-order chi connectivity index (χ1) is 12.4. The lowest BCUT2D eigenvalue weighted by Crippen LogP contribution is -2.13. The summed E-state index contributed by atoms with van der Waals surface area (Å²) in [6.07, 6.45) is 0.867. The maximum atomic E-state index is 12.5. The number of benzene rings is 2. The normalized spacial score (nSPS) is 10.2. The lowest BCUT2D eigenvalue weighted by Gasteiger charge is -2.14. The highest BCUT2D eigenvalue weighted by Crippen LogP contribution is 2.37. The largest absolute Gasteiger partial charge is 0.493 e. The van der Waals surface area contributed by atoms with Gasteiger partial charge in [0.1, 0.15) is 0 Å². The molecule has 0 aliphatic heterocycles. The number of nitrogens with one attached hydrogen (secondary N) is 2. The molecule has 7 heteroatoms. The molecule has 0 saturated carbocycles. The predicted octanol–water partition coefficient (Wildman–Crippen LogP) is 4.46. The van der Waals surface area contributed by atoms with Crippen molar-refractivity contribution in [1.29, 1.82) is 0 Å². The highest BCUT2D eigenvalue weighted by molar-refractivity contribution is 9.10. The van der Waals surface area contributed by atoms with Gasteiger partial charge >= 0.3 is 0 Å². The average molecular weight is 421 g/mol. The number of halogens is 1. The molecule has 0 aliphatic carbocycles. The Labute approximate surface area is 161 Å². The summed E-state index contributed by atoms with van der Waals surface area (Å²) >= 11 is 3.43. The number of carbonyl (C=O) groups is 2. The summed E-state index contributed by atoms with van der Waals surface area (Å²) in [6.45, 7) is 4.01. The molecule has 6 nitrogen and oxygen atoms in total. The highest BCUT2D eigenvalue weighted by atomic mass is 79.9. The minimum atomic E-state index is -0.279. The van der Waals surface area contributed by atoms with Gasteiger partial charge in [-0.3, -0.25) is 9.59 Å². The molecule has 0 bridgehead atoms. The second kappa shape index (κ2) is 9.24. The van der Waals surface area contributed by atoms with E-state index in [0.29, 0.717) is 39.5 Å². The van der Waals surface area contributed by atoms with Crippen molar-refractivity contribution in [3.8, 4) is 11.5 Å². The van der Waals surface area contributed by atoms with Crippen LogP contribution in [0.5, 0.6) is 11.5 Å². The Morgan fingerprint density at radius 2 is 1.69 bits per heavy atom. The third kappa shape index (κ3) is 5.23. The van der Waals surface area contributed by atoms with Gasteiger partial charge in [0.25, 0.3) is 5.91 Å². The van der Waals surface area contributed by atoms with Crippen molar-refractivity contribution in [1.82, 2.24) is 0 Å². The Morgan fingerprint density at radius 3 is 2.23 bits per heavy atom. The van der Waals surface area contributed by atoms with Crippen molar-refractivity contribution in [2.75, 3.05) is 24.4 Å². The molecule has 0 spiro atoms. The third-order valence-corrected chi connectivity index (χ3v) is 3.99. The van der Waals surface area contributed by atoms with Gasteiger partial charge in [0.15, 0.2) is 11.5 Å². The minimum Gasteiger partial charge on any atom is -0.493 e. The lowest BCUT2D eigenvalue weighted by atomic mass is 10.1. The number of ether oxygens (including phenoxy) is 2. The molecule has 0 heterocycles. The standard InChI is InChI=1S/C19H21BrN2O4/c1-4-9-26-18-16(20)10-13(11-17(18)25-3)19(24)22-15-7-5-14(6-8-15)21-12(2)23/h5-8,10-11H,4,9H2,1-3H3,(H,21,23)(H,22,24). The zero-order valence-electron chi connectivity index (χ0n) is 14.9. The first kappa shape index (κ1) is 19.8. The van der Waals surface area contributed by atoms with Crippen LogP contribution in [0.15, 0.2) is 40.9 Å². The second-order valence-electron chi connectivity index (χ2n) is 5.55. The number of carbonyl (C=O) groups excluding carboxylic acids is 2. The molecule has 0 saturated heterocycles. The molecule has 2 amide bonds. The molecule has 0 aromatic heterocycles. The molecule has 0 fully saturated rings. The van der Waals surface area contributed by atoms with E-state index in [1.165, 1.54) is 14.0 Å². The quantitative estimate of drug-likeness (QED) is 0.692. The molecule has 0 aliphatic rings. The number of anilines is 2. The topological polar surface area (TPSA) is 76.7 Å². The molecule has 2 aromatic carbocycles. The van der Waals surface area contributed by atoms with Crippen LogP contribution < -0.4 is 20.1 Å². The van der Waals surface area contributed by atoms with Gasteiger partial charge in [-0.2, -0.15) is 0 Å². The Hall–Kier alpha value is -2.54. The van der Waals surface area contributed by atoms with Gasteiger partial charge in [0.05, 0.1) is 18.2 Å². The minimum absolute atomic E-state index is 0.149. The lowest BCUT2D eigenvalue weighted by molar-refractivity contribution is -0.114. The Kier molecular flexibility index (Phi) is 7.03. The number of rotatable bonds is 7. The van der Waals surface area contributed by atoms with Gasteiger partial charge in [0.2, 0.25) is 5.91 Å². The SMILES string of the molecule is CCCOc1c(Br)cc(C(=O)Nc2ccc(NC(C)=O)cc2)cc1OC. The van der Waals surface area contributed by atoms with Crippen molar-refractivity contribution >= 4 is 39.1 Å².